The fourth-order valence-electron chi connectivity index (χ4n) is 2.94. The number of nitrogens with zero attached hydrogens (tertiary/aromatic N) is 3. The second-order valence-electron chi connectivity index (χ2n) is 7.18. The molecule has 29 heavy (non-hydrogen) atoms. The number of aromatic nitrogens is 2. The number of carbonyl (C=O) groups excluding carboxylic acids is 2. The number of aryl methyl sites for hydroxylation is 1. The van der Waals surface area contributed by atoms with Gasteiger partial charge in [-0.25, -0.2) is 9.78 Å². The van der Waals surface area contributed by atoms with E-state index in [0.717, 1.165) is 21.3 Å². The molecule has 8 heteroatoms. The van der Waals surface area contributed by atoms with E-state index in [1.54, 1.807) is 24.1 Å². The van der Waals surface area contributed by atoms with Gasteiger partial charge in [0.15, 0.2) is 0 Å². The van der Waals surface area contributed by atoms with Crippen LogP contribution in [0.3, 0.4) is 0 Å². The molecule has 3 rings (SSSR count). The van der Waals surface area contributed by atoms with E-state index >= 15 is 0 Å². The van der Waals surface area contributed by atoms with Gasteiger partial charge in [-0.1, -0.05) is 12.1 Å². The molecule has 0 saturated carbocycles. The molecular formula is C21H24BrN5O2. The van der Waals surface area contributed by atoms with E-state index in [2.05, 4.69) is 31.5 Å². The lowest BCUT2D eigenvalue weighted by molar-refractivity contribution is 0.0943. The van der Waals surface area contributed by atoms with E-state index < -0.39 is 0 Å². The molecule has 0 bridgehead atoms. The van der Waals surface area contributed by atoms with Crippen molar-refractivity contribution >= 4 is 44.6 Å². The summed E-state index contributed by atoms with van der Waals surface area (Å²) < 4.78 is 2.75. The summed E-state index contributed by atoms with van der Waals surface area (Å²) >= 11 is 3.43. The van der Waals surface area contributed by atoms with E-state index in [1.165, 1.54) is 0 Å². The van der Waals surface area contributed by atoms with Crippen molar-refractivity contribution in [2.24, 2.45) is 7.05 Å². The second-order valence-corrected chi connectivity index (χ2v) is 8.04. The van der Waals surface area contributed by atoms with Crippen LogP contribution in [0.4, 0.5) is 10.5 Å². The standard InChI is InChI=1S/C21H24BrN5O2/c1-13(2)23-20(28)14-9-10-18-17(11-14)24-19(27(18)4)12-26(3)21(29)25-16-8-6-5-7-15(16)22/h5-11,13H,12H2,1-4H3,(H,23,28)(H,25,29). The summed E-state index contributed by atoms with van der Waals surface area (Å²) in [7, 11) is 3.62. The zero-order valence-electron chi connectivity index (χ0n) is 16.9. The molecule has 0 radical (unpaired) electrons. The summed E-state index contributed by atoms with van der Waals surface area (Å²) in [5, 5.41) is 5.76. The minimum atomic E-state index is -0.235. The normalized spacial score (nSPS) is 11.0. The molecule has 0 atom stereocenters. The van der Waals surface area contributed by atoms with Gasteiger partial charge in [0.05, 0.1) is 23.3 Å². The zero-order valence-corrected chi connectivity index (χ0v) is 18.4. The molecule has 1 aromatic heterocycles. The van der Waals surface area contributed by atoms with E-state index in [9.17, 15) is 9.59 Å². The highest BCUT2D eigenvalue weighted by atomic mass is 79.9. The van der Waals surface area contributed by atoms with Crippen LogP contribution in [0.2, 0.25) is 0 Å². The number of hydrogen-bond acceptors (Lipinski definition) is 3. The average Bonchev–Trinajstić information content (AvgIpc) is 2.98. The van der Waals surface area contributed by atoms with Gasteiger partial charge in [-0.15, -0.1) is 0 Å². The highest BCUT2D eigenvalue weighted by molar-refractivity contribution is 9.10. The third-order valence-electron chi connectivity index (χ3n) is 4.50. The van der Waals surface area contributed by atoms with E-state index in [0.29, 0.717) is 17.8 Å². The third-order valence-corrected chi connectivity index (χ3v) is 5.19. The van der Waals surface area contributed by atoms with Gasteiger partial charge in [0.25, 0.3) is 5.91 Å². The summed E-state index contributed by atoms with van der Waals surface area (Å²) in [6.45, 7) is 4.17. The van der Waals surface area contributed by atoms with Gasteiger partial charge in [-0.2, -0.15) is 0 Å². The Morgan fingerprint density at radius 2 is 1.93 bits per heavy atom. The number of para-hydroxylation sites is 1. The summed E-state index contributed by atoms with van der Waals surface area (Å²) in [6, 6.07) is 12.7. The van der Waals surface area contributed by atoms with Gasteiger partial charge in [-0.3, -0.25) is 4.79 Å². The van der Waals surface area contributed by atoms with Crippen molar-refractivity contribution in [3.05, 3.63) is 58.3 Å². The Hall–Kier alpha value is -2.87. The summed E-state index contributed by atoms with van der Waals surface area (Å²) in [5.74, 6) is 0.602. The van der Waals surface area contributed by atoms with Gasteiger partial charge in [0, 0.05) is 30.2 Å². The number of benzene rings is 2. The van der Waals surface area contributed by atoms with Crippen molar-refractivity contribution in [2.75, 3.05) is 12.4 Å². The molecule has 0 aliphatic heterocycles. The Morgan fingerprint density at radius 3 is 2.62 bits per heavy atom. The molecule has 0 spiro atoms. The summed E-state index contributed by atoms with van der Waals surface area (Å²) in [5.41, 5.74) is 2.89. The molecule has 0 aliphatic carbocycles. The second kappa shape index (κ2) is 8.65. The van der Waals surface area contributed by atoms with Crippen LogP contribution < -0.4 is 10.6 Å². The van der Waals surface area contributed by atoms with E-state index in [4.69, 9.17) is 0 Å². The van der Waals surface area contributed by atoms with Crippen molar-refractivity contribution in [3.8, 4) is 0 Å². The van der Waals surface area contributed by atoms with Crippen molar-refractivity contribution in [1.29, 1.82) is 0 Å². The van der Waals surface area contributed by atoms with Crippen LogP contribution in [0.15, 0.2) is 46.9 Å². The van der Waals surface area contributed by atoms with Crippen LogP contribution >= 0.6 is 15.9 Å². The number of nitrogens with one attached hydrogen (secondary N) is 2. The highest BCUT2D eigenvalue weighted by Crippen LogP contribution is 2.22. The monoisotopic (exact) mass is 457 g/mol. The summed E-state index contributed by atoms with van der Waals surface area (Å²) in [4.78, 5) is 31.0. The first-order valence-electron chi connectivity index (χ1n) is 9.29. The molecule has 2 aromatic carbocycles. The number of urea groups is 1. The predicted octanol–water partition coefficient (Wildman–Crippen LogP) is 4.14. The molecule has 0 saturated heterocycles. The van der Waals surface area contributed by atoms with Gasteiger partial charge in [0.2, 0.25) is 0 Å². The number of carbonyl (C=O) groups is 2. The average molecular weight is 458 g/mol. The molecule has 0 aliphatic rings. The minimum absolute atomic E-state index is 0.0642. The SMILES string of the molecule is CC(C)NC(=O)c1ccc2c(c1)nc(CN(C)C(=O)Nc1ccccc1Br)n2C. The first-order chi connectivity index (χ1) is 13.8. The van der Waals surface area contributed by atoms with Crippen molar-refractivity contribution < 1.29 is 9.59 Å². The molecule has 152 valence electrons. The lowest BCUT2D eigenvalue weighted by atomic mass is 10.2. The maximum absolute atomic E-state index is 12.5. The Bertz CT molecular complexity index is 1060. The molecule has 1 heterocycles. The Morgan fingerprint density at radius 1 is 1.21 bits per heavy atom. The summed E-state index contributed by atoms with van der Waals surface area (Å²) in [6.07, 6.45) is 0. The van der Waals surface area contributed by atoms with Crippen LogP contribution in [-0.4, -0.2) is 39.5 Å². The first-order valence-corrected chi connectivity index (χ1v) is 10.1. The number of fused-ring (bicyclic) bond motifs is 1. The molecule has 3 amide bonds. The third kappa shape index (κ3) is 4.76. The van der Waals surface area contributed by atoms with Gasteiger partial charge in [0.1, 0.15) is 5.82 Å². The van der Waals surface area contributed by atoms with Crippen molar-refractivity contribution in [2.45, 2.75) is 26.4 Å². The topological polar surface area (TPSA) is 79.3 Å². The van der Waals surface area contributed by atoms with Gasteiger partial charge in [-0.05, 0) is 60.1 Å². The minimum Gasteiger partial charge on any atom is -0.350 e. The number of rotatable bonds is 5. The number of anilines is 1. The van der Waals surface area contributed by atoms with Crippen molar-refractivity contribution in [3.63, 3.8) is 0 Å². The van der Waals surface area contributed by atoms with Crippen LogP contribution in [0.25, 0.3) is 11.0 Å². The Labute approximate surface area is 178 Å². The largest absolute Gasteiger partial charge is 0.350 e. The molecule has 2 N–H and O–H groups in total. The first kappa shape index (κ1) is 20.9. The Kier molecular flexibility index (Phi) is 6.22. The predicted molar refractivity (Wildman–Crippen MR) is 118 cm³/mol. The van der Waals surface area contributed by atoms with Crippen molar-refractivity contribution in [1.82, 2.24) is 19.8 Å². The molecular weight excluding hydrogens is 434 g/mol. The molecule has 3 aromatic rings. The van der Waals surface area contributed by atoms with Gasteiger partial charge < -0.3 is 20.1 Å². The lowest BCUT2D eigenvalue weighted by Crippen LogP contribution is -2.31. The van der Waals surface area contributed by atoms with E-state index in [1.807, 2.05) is 55.8 Å². The highest BCUT2D eigenvalue weighted by Gasteiger charge is 2.16. The van der Waals surface area contributed by atoms with Crippen LogP contribution in [0, 0.1) is 0 Å². The maximum Gasteiger partial charge on any atom is 0.322 e. The molecule has 0 fully saturated rings. The number of imidazole rings is 1. The number of hydrogen-bond donors (Lipinski definition) is 2. The van der Waals surface area contributed by atoms with Crippen LogP contribution in [0.1, 0.15) is 30.0 Å². The fraction of sp³-hybridized carbons (Fsp3) is 0.286. The van der Waals surface area contributed by atoms with Gasteiger partial charge >= 0.3 is 6.03 Å². The quantitative estimate of drug-likeness (QED) is 0.603. The number of amides is 3. The molecule has 7 nitrogen and oxygen atoms in total. The van der Waals surface area contributed by atoms with E-state index in [-0.39, 0.29) is 18.0 Å². The zero-order chi connectivity index (χ0) is 21.1. The lowest BCUT2D eigenvalue weighted by Gasteiger charge is -2.18. The number of halogens is 1. The molecule has 0 unspecified atom stereocenters. The van der Waals surface area contributed by atoms with Crippen LogP contribution in [-0.2, 0) is 13.6 Å². The smallest absolute Gasteiger partial charge is 0.322 e. The Balaban J connectivity index is 1.77. The maximum atomic E-state index is 12.5. The van der Waals surface area contributed by atoms with Crippen LogP contribution in [0.5, 0.6) is 0 Å². The fourth-order valence-corrected chi connectivity index (χ4v) is 3.32.